The number of aromatic nitrogens is 5. The van der Waals surface area contributed by atoms with Crippen molar-refractivity contribution >= 4 is 23.3 Å². The smallest absolute Gasteiger partial charge is 0.256 e. The Kier molecular flexibility index (Phi) is 5.98. The van der Waals surface area contributed by atoms with Gasteiger partial charge in [-0.15, -0.1) is 10.2 Å². The number of rotatable bonds is 6. The molecule has 3 aromatic heterocycles. The third-order valence-corrected chi connectivity index (χ3v) is 4.67. The zero-order chi connectivity index (χ0) is 22.5. The first-order valence-corrected chi connectivity index (χ1v) is 10.0. The van der Waals surface area contributed by atoms with E-state index in [1.807, 2.05) is 24.5 Å². The summed E-state index contributed by atoms with van der Waals surface area (Å²) in [5, 5.41) is 13.7. The number of carbonyl (C=O) groups is 2. The number of hydrogen-bond donors (Lipinski definition) is 2. The lowest BCUT2D eigenvalue weighted by Gasteiger charge is -2.11. The van der Waals surface area contributed by atoms with E-state index in [-0.39, 0.29) is 17.9 Å². The molecule has 4 rings (SSSR count). The van der Waals surface area contributed by atoms with Gasteiger partial charge in [-0.2, -0.15) is 0 Å². The van der Waals surface area contributed by atoms with Crippen LogP contribution in [0.15, 0.2) is 73.3 Å². The lowest BCUT2D eigenvalue weighted by molar-refractivity contribution is 0.101. The summed E-state index contributed by atoms with van der Waals surface area (Å²) in [7, 11) is 0. The second kappa shape index (κ2) is 9.17. The summed E-state index contributed by atoms with van der Waals surface area (Å²) in [5.74, 6) is 0.377. The van der Waals surface area contributed by atoms with Crippen molar-refractivity contribution in [2.75, 3.05) is 10.6 Å². The molecule has 9 heteroatoms. The highest BCUT2D eigenvalue weighted by atomic mass is 16.2. The summed E-state index contributed by atoms with van der Waals surface area (Å²) >= 11 is 0. The van der Waals surface area contributed by atoms with Crippen LogP contribution in [0.5, 0.6) is 0 Å². The fourth-order valence-corrected chi connectivity index (χ4v) is 3.07. The number of anilines is 2. The molecule has 0 unspecified atom stereocenters. The molecule has 0 aliphatic rings. The molecule has 0 saturated heterocycles. The number of benzene rings is 1. The van der Waals surface area contributed by atoms with Crippen molar-refractivity contribution in [2.45, 2.75) is 19.9 Å². The summed E-state index contributed by atoms with van der Waals surface area (Å²) < 4.78 is 1.91. The normalized spacial score (nSPS) is 10.7. The van der Waals surface area contributed by atoms with Crippen molar-refractivity contribution in [1.29, 1.82) is 0 Å². The Balaban J connectivity index is 1.49. The van der Waals surface area contributed by atoms with Crippen LogP contribution in [0.3, 0.4) is 0 Å². The van der Waals surface area contributed by atoms with Crippen molar-refractivity contribution in [3.8, 4) is 11.5 Å². The van der Waals surface area contributed by atoms with Crippen LogP contribution in [0.25, 0.3) is 11.5 Å². The van der Waals surface area contributed by atoms with E-state index in [1.54, 1.807) is 67.3 Å². The minimum atomic E-state index is -0.347. The summed E-state index contributed by atoms with van der Waals surface area (Å²) in [4.78, 5) is 33.5. The molecule has 4 aromatic rings. The summed E-state index contributed by atoms with van der Waals surface area (Å²) in [5.41, 5.74) is 1.97. The average molecular weight is 427 g/mol. The molecule has 1 aromatic carbocycles. The van der Waals surface area contributed by atoms with Crippen LogP contribution in [0.1, 0.15) is 40.6 Å². The molecule has 0 radical (unpaired) electrons. The maximum Gasteiger partial charge on any atom is 0.256 e. The van der Waals surface area contributed by atoms with Gasteiger partial charge in [0.1, 0.15) is 17.8 Å². The van der Waals surface area contributed by atoms with Crippen molar-refractivity contribution < 1.29 is 9.59 Å². The first kappa shape index (κ1) is 20.9. The predicted molar refractivity (Wildman–Crippen MR) is 120 cm³/mol. The lowest BCUT2D eigenvalue weighted by atomic mass is 10.1. The van der Waals surface area contributed by atoms with Crippen LogP contribution in [0.2, 0.25) is 0 Å². The van der Waals surface area contributed by atoms with E-state index in [0.717, 1.165) is 0 Å². The number of hydrogen-bond acceptors (Lipinski definition) is 6. The fraction of sp³-hybridized carbons (Fsp3) is 0.130. The van der Waals surface area contributed by atoms with Crippen LogP contribution < -0.4 is 10.6 Å². The molecule has 32 heavy (non-hydrogen) atoms. The highest BCUT2D eigenvalue weighted by molar-refractivity contribution is 6.07. The van der Waals surface area contributed by atoms with E-state index >= 15 is 0 Å². The second-order valence-corrected chi connectivity index (χ2v) is 7.29. The van der Waals surface area contributed by atoms with E-state index in [2.05, 4.69) is 30.8 Å². The van der Waals surface area contributed by atoms with Crippen LogP contribution in [0, 0.1) is 0 Å². The molecule has 0 bridgehead atoms. The second-order valence-electron chi connectivity index (χ2n) is 7.29. The van der Waals surface area contributed by atoms with E-state index in [4.69, 9.17) is 0 Å². The molecular formula is C23H21N7O2. The topological polar surface area (TPSA) is 115 Å². The molecule has 9 nitrogen and oxygen atoms in total. The quantitative estimate of drug-likeness (QED) is 0.483. The van der Waals surface area contributed by atoms with Gasteiger partial charge in [0.05, 0.1) is 0 Å². The van der Waals surface area contributed by atoms with Crippen LogP contribution in [-0.4, -0.2) is 36.5 Å². The van der Waals surface area contributed by atoms with E-state index in [9.17, 15) is 9.59 Å². The van der Waals surface area contributed by atoms with Crippen molar-refractivity contribution in [3.63, 3.8) is 0 Å². The van der Waals surface area contributed by atoms with Gasteiger partial charge < -0.3 is 15.2 Å². The Hall–Kier alpha value is -4.40. The van der Waals surface area contributed by atoms with Gasteiger partial charge in [-0.1, -0.05) is 12.1 Å². The third kappa shape index (κ3) is 4.67. The molecule has 0 fully saturated rings. The Bertz CT molecular complexity index is 1250. The van der Waals surface area contributed by atoms with E-state index in [0.29, 0.717) is 34.2 Å². The molecule has 3 heterocycles. The van der Waals surface area contributed by atoms with Gasteiger partial charge in [-0.05, 0) is 56.3 Å². The molecule has 2 amide bonds. The summed E-state index contributed by atoms with van der Waals surface area (Å²) in [6.07, 6.45) is 4.74. The predicted octanol–water partition coefficient (Wildman–Crippen LogP) is 3.82. The average Bonchev–Trinajstić information content (AvgIpc) is 3.30. The van der Waals surface area contributed by atoms with Crippen LogP contribution in [0.4, 0.5) is 11.5 Å². The Labute approximate surface area is 184 Å². The number of carbonyl (C=O) groups excluding carboxylic acids is 2. The first-order valence-electron chi connectivity index (χ1n) is 10.0. The molecule has 160 valence electrons. The van der Waals surface area contributed by atoms with Crippen molar-refractivity contribution in [3.05, 3.63) is 84.4 Å². The van der Waals surface area contributed by atoms with E-state index in [1.165, 1.54) is 0 Å². The van der Waals surface area contributed by atoms with Crippen LogP contribution >= 0.6 is 0 Å². The molecule has 0 saturated carbocycles. The summed E-state index contributed by atoms with van der Waals surface area (Å²) in [6.45, 7) is 4.05. The monoisotopic (exact) mass is 427 g/mol. The number of nitrogens with one attached hydrogen (secondary N) is 2. The Morgan fingerprint density at radius 3 is 2.44 bits per heavy atom. The highest BCUT2D eigenvalue weighted by Crippen LogP contribution is 2.20. The number of nitrogens with zero attached hydrogens (tertiary/aromatic N) is 5. The Morgan fingerprint density at radius 1 is 0.906 bits per heavy atom. The van der Waals surface area contributed by atoms with Gasteiger partial charge in [-0.25, -0.2) is 4.98 Å². The van der Waals surface area contributed by atoms with Gasteiger partial charge >= 0.3 is 0 Å². The van der Waals surface area contributed by atoms with Crippen molar-refractivity contribution in [1.82, 2.24) is 24.7 Å². The highest BCUT2D eigenvalue weighted by Gasteiger charge is 2.14. The number of pyridine rings is 2. The van der Waals surface area contributed by atoms with Crippen molar-refractivity contribution in [2.24, 2.45) is 0 Å². The minimum Gasteiger partial charge on any atom is -0.322 e. The first-order chi connectivity index (χ1) is 15.5. The standard InChI is InChI=1S/C23H21N7O2/c1-15(2)30-14-25-29-21(30)19-7-4-8-20(27-19)28-23(32)17-5-3-6-18(13-17)26-22(31)16-9-11-24-12-10-16/h3-15H,1-2H3,(H,26,31)(H,27,28,32). The minimum absolute atomic E-state index is 0.171. The van der Waals surface area contributed by atoms with Crippen LogP contribution in [-0.2, 0) is 0 Å². The largest absolute Gasteiger partial charge is 0.322 e. The maximum absolute atomic E-state index is 12.8. The molecule has 2 N–H and O–H groups in total. The van der Waals surface area contributed by atoms with Gasteiger partial charge in [0, 0.05) is 35.2 Å². The Morgan fingerprint density at radius 2 is 1.66 bits per heavy atom. The fourth-order valence-electron chi connectivity index (χ4n) is 3.07. The maximum atomic E-state index is 12.8. The molecule has 0 aliphatic heterocycles. The molecule has 0 atom stereocenters. The third-order valence-electron chi connectivity index (χ3n) is 4.67. The molecule has 0 aliphatic carbocycles. The zero-order valence-electron chi connectivity index (χ0n) is 17.6. The van der Waals surface area contributed by atoms with Gasteiger partial charge in [-0.3, -0.25) is 14.6 Å². The van der Waals surface area contributed by atoms with Gasteiger partial charge in [0.2, 0.25) is 0 Å². The summed E-state index contributed by atoms with van der Waals surface area (Å²) in [6, 6.07) is 15.4. The van der Waals surface area contributed by atoms with E-state index < -0.39 is 0 Å². The van der Waals surface area contributed by atoms with Gasteiger partial charge in [0.15, 0.2) is 5.82 Å². The van der Waals surface area contributed by atoms with Gasteiger partial charge in [0.25, 0.3) is 11.8 Å². The lowest BCUT2D eigenvalue weighted by Crippen LogP contribution is -2.15. The zero-order valence-corrected chi connectivity index (χ0v) is 17.6. The SMILES string of the molecule is CC(C)n1cnnc1-c1cccc(NC(=O)c2cccc(NC(=O)c3ccncc3)c2)n1. The number of amides is 2. The molecule has 0 spiro atoms. The molecular weight excluding hydrogens is 406 g/mol.